The Hall–Kier alpha value is -0.840. The summed E-state index contributed by atoms with van der Waals surface area (Å²) in [5, 5.41) is 2.21. The number of rotatable bonds is 2. The predicted molar refractivity (Wildman–Crippen MR) is 51.9 cm³/mol. The van der Waals surface area contributed by atoms with Crippen LogP contribution in [0.15, 0.2) is 28.2 Å². The molecule has 0 saturated carbocycles. The molecule has 2 aromatic rings. The molecule has 0 aromatic carbocycles. The summed E-state index contributed by atoms with van der Waals surface area (Å²) >= 11 is 7.15. The van der Waals surface area contributed by atoms with Crippen molar-refractivity contribution in [3.8, 4) is 0 Å². The first-order chi connectivity index (χ1) is 6.29. The summed E-state index contributed by atoms with van der Waals surface area (Å²) in [6, 6.07) is 3.34. The van der Waals surface area contributed by atoms with Gasteiger partial charge in [-0.15, -0.1) is 0 Å². The average molecular weight is 215 g/mol. The summed E-state index contributed by atoms with van der Waals surface area (Å²) in [6.45, 7) is 0. The second-order valence-corrected chi connectivity index (χ2v) is 3.56. The third-order valence-electron chi connectivity index (χ3n) is 1.76. The fourth-order valence-electron chi connectivity index (χ4n) is 1.07. The highest BCUT2D eigenvalue weighted by atomic mass is 35.5. The highest BCUT2D eigenvalue weighted by molar-refractivity contribution is 7.03. The molecular formula is C8H7ClN2OS. The van der Waals surface area contributed by atoms with Crippen molar-refractivity contribution in [2.45, 2.75) is 6.04 Å². The molecule has 13 heavy (non-hydrogen) atoms. The third-order valence-corrected chi connectivity index (χ3v) is 2.64. The lowest BCUT2D eigenvalue weighted by Crippen LogP contribution is -2.11. The van der Waals surface area contributed by atoms with Crippen LogP contribution in [0.25, 0.3) is 0 Å². The minimum Gasteiger partial charge on any atom is -0.453 e. The van der Waals surface area contributed by atoms with Crippen LogP contribution in [0.5, 0.6) is 0 Å². The number of hydrogen-bond donors (Lipinski definition) is 1. The van der Waals surface area contributed by atoms with Gasteiger partial charge in [-0.25, -0.2) is 0 Å². The minimum atomic E-state index is -0.294. The number of nitrogens with zero attached hydrogens (tertiary/aromatic N) is 1. The Morgan fingerprint density at radius 3 is 2.92 bits per heavy atom. The average Bonchev–Trinajstić information content (AvgIpc) is 2.72. The van der Waals surface area contributed by atoms with Crippen molar-refractivity contribution in [2.75, 3.05) is 0 Å². The van der Waals surface area contributed by atoms with E-state index in [0.717, 1.165) is 11.3 Å². The number of aromatic nitrogens is 1. The number of nitrogens with two attached hydrogens (primary N) is 1. The molecular weight excluding hydrogens is 208 g/mol. The second-order valence-electron chi connectivity index (χ2n) is 2.55. The highest BCUT2D eigenvalue weighted by Crippen LogP contribution is 2.26. The van der Waals surface area contributed by atoms with Crippen molar-refractivity contribution < 1.29 is 4.42 Å². The number of hydrogen-bond acceptors (Lipinski definition) is 4. The molecule has 2 rings (SSSR count). The van der Waals surface area contributed by atoms with E-state index in [1.807, 2.05) is 11.4 Å². The fraction of sp³-hybridized carbons (Fsp3) is 0.125. The lowest BCUT2D eigenvalue weighted by molar-refractivity contribution is 0.564. The maximum Gasteiger partial charge on any atom is 0.198 e. The highest BCUT2D eigenvalue weighted by Gasteiger charge is 2.15. The first kappa shape index (κ1) is 8.74. The minimum absolute atomic E-state index is 0.294. The maximum atomic E-state index is 5.91. The molecule has 0 spiro atoms. The Kier molecular flexibility index (Phi) is 2.35. The van der Waals surface area contributed by atoms with E-state index in [1.165, 1.54) is 17.8 Å². The van der Waals surface area contributed by atoms with E-state index >= 15 is 0 Å². The molecule has 2 aromatic heterocycles. The standard InChI is InChI=1S/C8H7ClN2OS/c9-8-5(1-3-12-8)7(10)6-2-4-13-11-6/h1-4,7H,10H2. The first-order valence-electron chi connectivity index (χ1n) is 3.68. The normalized spacial score (nSPS) is 13.1. The van der Waals surface area contributed by atoms with E-state index in [9.17, 15) is 0 Å². The molecule has 0 saturated heterocycles. The van der Waals surface area contributed by atoms with Crippen LogP contribution in [0.3, 0.4) is 0 Å². The molecule has 0 aliphatic heterocycles. The van der Waals surface area contributed by atoms with Crippen LogP contribution in [-0.2, 0) is 0 Å². The zero-order valence-corrected chi connectivity index (χ0v) is 8.18. The van der Waals surface area contributed by atoms with E-state index < -0.39 is 0 Å². The molecule has 0 radical (unpaired) electrons. The SMILES string of the molecule is NC(c1ccsn1)c1ccoc1Cl. The molecule has 0 aliphatic rings. The molecule has 3 nitrogen and oxygen atoms in total. The van der Waals surface area contributed by atoms with Crippen LogP contribution >= 0.6 is 23.1 Å². The van der Waals surface area contributed by atoms with Crippen LogP contribution in [0.2, 0.25) is 5.22 Å². The molecule has 0 bridgehead atoms. The van der Waals surface area contributed by atoms with Gasteiger partial charge in [-0.1, -0.05) is 0 Å². The summed E-state index contributed by atoms with van der Waals surface area (Å²) in [4.78, 5) is 0. The summed E-state index contributed by atoms with van der Waals surface area (Å²) in [5.41, 5.74) is 7.49. The summed E-state index contributed by atoms with van der Waals surface area (Å²) in [7, 11) is 0. The van der Waals surface area contributed by atoms with Crippen LogP contribution in [0, 0.1) is 0 Å². The number of furan rings is 1. The number of halogens is 1. The van der Waals surface area contributed by atoms with E-state index in [-0.39, 0.29) is 6.04 Å². The monoisotopic (exact) mass is 214 g/mol. The molecule has 2 N–H and O–H groups in total. The smallest absolute Gasteiger partial charge is 0.198 e. The van der Waals surface area contributed by atoms with E-state index in [2.05, 4.69) is 4.37 Å². The van der Waals surface area contributed by atoms with Gasteiger partial charge in [0.2, 0.25) is 0 Å². The van der Waals surface area contributed by atoms with Crippen molar-refractivity contribution in [1.82, 2.24) is 4.37 Å². The molecule has 68 valence electrons. The fourth-order valence-corrected chi connectivity index (χ4v) is 1.86. The summed E-state index contributed by atoms with van der Waals surface area (Å²) < 4.78 is 9.07. The lowest BCUT2D eigenvalue weighted by Gasteiger charge is -2.05. The van der Waals surface area contributed by atoms with Crippen LogP contribution in [0.4, 0.5) is 0 Å². The molecule has 0 fully saturated rings. The van der Waals surface area contributed by atoms with E-state index in [0.29, 0.717) is 5.22 Å². The van der Waals surface area contributed by atoms with Crippen LogP contribution in [0.1, 0.15) is 17.3 Å². The van der Waals surface area contributed by atoms with Crippen LogP contribution in [-0.4, -0.2) is 4.37 Å². The largest absolute Gasteiger partial charge is 0.453 e. The molecule has 2 heterocycles. The van der Waals surface area contributed by atoms with Gasteiger partial charge in [0.15, 0.2) is 5.22 Å². The second kappa shape index (κ2) is 3.49. The molecule has 1 unspecified atom stereocenters. The van der Waals surface area contributed by atoms with Gasteiger partial charge in [-0.05, 0) is 35.3 Å². The van der Waals surface area contributed by atoms with Gasteiger partial charge in [0.1, 0.15) is 0 Å². The van der Waals surface area contributed by atoms with Gasteiger partial charge in [-0.2, -0.15) is 4.37 Å². The van der Waals surface area contributed by atoms with Gasteiger partial charge in [0, 0.05) is 10.9 Å². The van der Waals surface area contributed by atoms with Gasteiger partial charge in [-0.3, -0.25) is 0 Å². The summed E-state index contributed by atoms with van der Waals surface area (Å²) in [5.74, 6) is 0. The Morgan fingerprint density at radius 2 is 2.38 bits per heavy atom. The van der Waals surface area contributed by atoms with Crippen molar-refractivity contribution in [1.29, 1.82) is 0 Å². The first-order valence-corrected chi connectivity index (χ1v) is 4.89. The Balaban J connectivity index is 2.33. The zero-order valence-electron chi connectivity index (χ0n) is 6.61. The van der Waals surface area contributed by atoms with Crippen LogP contribution < -0.4 is 5.73 Å². The van der Waals surface area contributed by atoms with Crippen molar-refractivity contribution in [3.63, 3.8) is 0 Å². The third kappa shape index (κ3) is 1.60. The van der Waals surface area contributed by atoms with E-state index in [4.69, 9.17) is 21.8 Å². The quantitative estimate of drug-likeness (QED) is 0.836. The van der Waals surface area contributed by atoms with Crippen molar-refractivity contribution in [3.05, 3.63) is 40.3 Å². The summed E-state index contributed by atoms with van der Waals surface area (Å²) in [6.07, 6.45) is 1.52. The molecule has 1 atom stereocenters. The zero-order chi connectivity index (χ0) is 9.26. The Bertz CT molecular complexity index is 385. The van der Waals surface area contributed by atoms with E-state index in [1.54, 1.807) is 6.07 Å². The molecule has 5 heteroatoms. The topological polar surface area (TPSA) is 52.0 Å². The maximum absolute atomic E-state index is 5.91. The lowest BCUT2D eigenvalue weighted by atomic mass is 10.1. The van der Waals surface area contributed by atoms with Crippen molar-refractivity contribution >= 4 is 23.1 Å². The van der Waals surface area contributed by atoms with Gasteiger partial charge >= 0.3 is 0 Å². The van der Waals surface area contributed by atoms with Gasteiger partial charge < -0.3 is 10.2 Å². The molecule has 0 aliphatic carbocycles. The Morgan fingerprint density at radius 1 is 1.54 bits per heavy atom. The van der Waals surface area contributed by atoms with Gasteiger partial charge in [0.05, 0.1) is 18.0 Å². The van der Waals surface area contributed by atoms with Gasteiger partial charge in [0.25, 0.3) is 0 Å². The van der Waals surface area contributed by atoms with Crippen molar-refractivity contribution in [2.24, 2.45) is 5.73 Å². The molecule has 0 amide bonds. The predicted octanol–water partition coefficient (Wildman–Crippen LogP) is 2.44. The Labute approximate surface area is 84.3 Å².